The lowest BCUT2D eigenvalue weighted by Gasteiger charge is -2.24. The Balaban J connectivity index is 0.000000444. The third kappa shape index (κ3) is 3.82. The zero-order valence-corrected chi connectivity index (χ0v) is 17.0. The highest BCUT2D eigenvalue weighted by atomic mass is 16.1. The maximum absolute atomic E-state index is 12.4. The van der Waals surface area contributed by atoms with Gasteiger partial charge in [-0.1, -0.05) is 83.5 Å². The van der Waals surface area contributed by atoms with E-state index in [4.69, 9.17) is 0 Å². The van der Waals surface area contributed by atoms with Gasteiger partial charge in [0, 0.05) is 12.0 Å². The minimum absolute atomic E-state index is 0.287. The molecule has 0 atom stereocenters. The summed E-state index contributed by atoms with van der Waals surface area (Å²) in [4.78, 5) is 12.4. The summed E-state index contributed by atoms with van der Waals surface area (Å²) in [6.45, 7) is 10.3. The minimum Gasteiger partial charge on any atom is -0.294 e. The molecule has 0 saturated carbocycles. The van der Waals surface area contributed by atoms with Crippen molar-refractivity contribution in [2.45, 2.75) is 66.7 Å². The van der Waals surface area contributed by atoms with E-state index in [0.29, 0.717) is 6.42 Å². The SMILES string of the molecule is CC.CCC.CCCC(=O)c1ccc2ccc3c4c2c1CC=C4C=CC3. The van der Waals surface area contributed by atoms with Crippen LogP contribution in [0.4, 0.5) is 0 Å². The van der Waals surface area contributed by atoms with Crippen LogP contribution in [0.3, 0.4) is 0 Å². The molecule has 0 heterocycles. The van der Waals surface area contributed by atoms with Crippen LogP contribution in [0.5, 0.6) is 0 Å². The maximum Gasteiger partial charge on any atom is 0.163 e. The molecule has 4 rings (SSSR count). The molecule has 1 heteroatoms. The predicted octanol–water partition coefficient (Wildman–Crippen LogP) is 7.32. The highest BCUT2D eigenvalue weighted by molar-refractivity contribution is 6.08. The van der Waals surface area contributed by atoms with E-state index in [-0.39, 0.29) is 5.78 Å². The van der Waals surface area contributed by atoms with E-state index in [2.05, 4.69) is 57.2 Å². The third-order valence-electron chi connectivity index (χ3n) is 4.61. The summed E-state index contributed by atoms with van der Waals surface area (Å²) >= 11 is 0. The first kappa shape index (κ1) is 20.2. The first-order valence-electron chi connectivity index (χ1n) is 10.2. The average Bonchev–Trinajstić information content (AvgIpc) is 2.68. The van der Waals surface area contributed by atoms with Gasteiger partial charge >= 0.3 is 0 Å². The molecule has 2 aliphatic rings. The van der Waals surface area contributed by atoms with Crippen molar-refractivity contribution < 1.29 is 4.79 Å². The molecule has 0 bridgehead atoms. The van der Waals surface area contributed by atoms with Gasteiger partial charge in [0.2, 0.25) is 0 Å². The van der Waals surface area contributed by atoms with Crippen LogP contribution in [0.1, 0.15) is 80.9 Å². The quantitative estimate of drug-likeness (QED) is 0.531. The van der Waals surface area contributed by atoms with Crippen LogP contribution < -0.4 is 0 Å². The first-order chi connectivity index (χ1) is 12.7. The number of Topliss-reactive ketones (excluding diaryl/α,β-unsaturated/α-hetero) is 1. The minimum atomic E-state index is 0.287. The number of allylic oxidation sites excluding steroid dienone is 4. The Morgan fingerprint density at radius 1 is 1.00 bits per heavy atom. The largest absolute Gasteiger partial charge is 0.294 e. The van der Waals surface area contributed by atoms with E-state index in [1.807, 2.05) is 19.9 Å². The van der Waals surface area contributed by atoms with Crippen LogP contribution in [0.2, 0.25) is 0 Å². The monoisotopic (exact) mass is 348 g/mol. The number of hydrogen-bond acceptors (Lipinski definition) is 1. The summed E-state index contributed by atoms with van der Waals surface area (Å²) < 4.78 is 0. The van der Waals surface area contributed by atoms with Gasteiger partial charge in [0.15, 0.2) is 5.78 Å². The zero-order chi connectivity index (χ0) is 19.1. The molecule has 1 nitrogen and oxygen atoms in total. The topological polar surface area (TPSA) is 17.1 Å². The molecule has 26 heavy (non-hydrogen) atoms. The maximum atomic E-state index is 12.4. The molecule has 0 saturated heterocycles. The van der Waals surface area contributed by atoms with Crippen molar-refractivity contribution in [2.24, 2.45) is 0 Å². The first-order valence-corrected chi connectivity index (χ1v) is 10.2. The number of rotatable bonds is 3. The summed E-state index contributed by atoms with van der Waals surface area (Å²) in [5.74, 6) is 0.287. The van der Waals surface area contributed by atoms with Crippen molar-refractivity contribution >= 4 is 22.1 Å². The van der Waals surface area contributed by atoms with Gasteiger partial charge in [-0.3, -0.25) is 4.79 Å². The molecule has 0 amide bonds. The highest BCUT2D eigenvalue weighted by Crippen LogP contribution is 2.40. The van der Waals surface area contributed by atoms with Crippen LogP contribution in [-0.4, -0.2) is 5.78 Å². The lowest BCUT2D eigenvalue weighted by atomic mass is 9.79. The zero-order valence-electron chi connectivity index (χ0n) is 17.0. The van der Waals surface area contributed by atoms with E-state index >= 15 is 0 Å². The van der Waals surface area contributed by atoms with Crippen molar-refractivity contribution in [2.75, 3.05) is 0 Å². The number of ketones is 1. The molecule has 2 aliphatic carbocycles. The molecule has 138 valence electrons. The lowest BCUT2D eigenvalue weighted by Crippen LogP contribution is -2.09. The summed E-state index contributed by atoms with van der Waals surface area (Å²) in [6, 6.07) is 8.58. The van der Waals surface area contributed by atoms with Crippen molar-refractivity contribution in [1.29, 1.82) is 0 Å². The second kappa shape index (κ2) is 9.52. The van der Waals surface area contributed by atoms with Crippen molar-refractivity contribution in [3.05, 3.63) is 64.7 Å². The standard InChI is InChI=1S/C20H18O.C3H8.C2H6/c1-2-4-18(21)16-11-9-15-8-7-13-5-3-6-14-10-12-17(16)20(15)19(13)14;1-3-2;1-2/h3,6-11H,2,4-5,12H2,1H3;3H2,1-2H3;1-2H3. The summed E-state index contributed by atoms with van der Waals surface area (Å²) in [7, 11) is 0. The van der Waals surface area contributed by atoms with Crippen LogP contribution in [0, 0.1) is 0 Å². The normalized spacial score (nSPS) is 13.2. The fourth-order valence-corrected chi connectivity index (χ4v) is 3.65. The molecule has 0 N–H and O–H groups in total. The predicted molar refractivity (Wildman–Crippen MR) is 115 cm³/mol. The summed E-state index contributed by atoms with van der Waals surface area (Å²) in [5.41, 5.74) is 6.25. The van der Waals surface area contributed by atoms with Crippen molar-refractivity contribution in [3.8, 4) is 0 Å². The van der Waals surface area contributed by atoms with Crippen LogP contribution >= 0.6 is 0 Å². The van der Waals surface area contributed by atoms with Gasteiger partial charge in [0.25, 0.3) is 0 Å². The molecule has 0 fully saturated rings. The van der Waals surface area contributed by atoms with Crippen LogP contribution in [0.15, 0.2) is 42.5 Å². The van der Waals surface area contributed by atoms with E-state index in [0.717, 1.165) is 24.8 Å². The van der Waals surface area contributed by atoms with E-state index < -0.39 is 0 Å². The Hall–Kier alpha value is -2.15. The summed E-state index contributed by atoms with van der Waals surface area (Å²) in [6.07, 6.45) is 11.4. The van der Waals surface area contributed by atoms with Crippen LogP contribution in [0.25, 0.3) is 16.3 Å². The molecule has 2 aromatic carbocycles. The Kier molecular flexibility index (Phi) is 7.38. The molecule has 2 aromatic rings. The Morgan fingerprint density at radius 3 is 2.38 bits per heavy atom. The van der Waals surface area contributed by atoms with Gasteiger partial charge in [-0.25, -0.2) is 0 Å². The second-order valence-electron chi connectivity index (χ2n) is 6.64. The number of hydrogen-bond donors (Lipinski definition) is 0. The number of carbonyl (C=O) groups excluding carboxylic acids is 1. The van der Waals surface area contributed by atoms with Gasteiger partial charge < -0.3 is 0 Å². The molecule has 0 aliphatic heterocycles. The van der Waals surface area contributed by atoms with Gasteiger partial charge in [0.1, 0.15) is 0 Å². The number of benzene rings is 2. The third-order valence-corrected chi connectivity index (χ3v) is 4.61. The molecule has 0 unspecified atom stereocenters. The molecular formula is C25H32O. The van der Waals surface area contributed by atoms with Crippen molar-refractivity contribution in [3.63, 3.8) is 0 Å². The fourth-order valence-electron chi connectivity index (χ4n) is 3.65. The summed E-state index contributed by atoms with van der Waals surface area (Å²) in [5, 5.41) is 2.58. The highest BCUT2D eigenvalue weighted by Gasteiger charge is 2.22. The van der Waals surface area contributed by atoms with E-state index in [1.165, 1.54) is 39.5 Å². The Morgan fingerprint density at radius 2 is 1.69 bits per heavy atom. The van der Waals surface area contributed by atoms with Gasteiger partial charge in [0.05, 0.1) is 0 Å². The van der Waals surface area contributed by atoms with Gasteiger partial charge in [-0.05, 0) is 52.3 Å². The second-order valence-corrected chi connectivity index (χ2v) is 6.64. The van der Waals surface area contributed by atoms with Gasteiger partial charge in [-0.15, -0.1) is 0 Å². The average molecular weight is 349 g/mol. The lowest BCUT2D eigenvalue weighted by molar-refractivity contribution is 0.0981. The van der Waals surface area contributed by atoms with Crippen LogP contribution in [-0.2, 0) is 12.8 Å². The van der Waals surface area contributed by atoms with Gasteiger partial charge in [-0.2, -0.15) is 0 Å². The number of carbonyl (C=O) groups is 1. The molecule has 0 spiro atoms. The Labute approximate surface area is 158 Å². The van der Waals surface area contributed by atoms with E-state index in [9.17, 15) is 4.79 Å². The van der Waals surface area contributed by atoms with Crippen molar-refractivity contribution in [1.82, 2.24) is 0 Å². The molecular weight excluding hydrogens is 316 g/mol. The fraction of sp³-hybridized carbons (Fsp3) is 0.400. The van der Waals surface area contributed by atoms with E-state index in [1.54, 1.807) is 0 Å². The Bertz CT molecular complexity index is 837. The molecule has 0 aromatic heterocycles. The smallest absolute Gasteiger partial charge is 0.163 e. The molecule has 0 radical (unpaired) electrons.